The molecule has 0 aromatic carbocycles. The van der Waals surface area contributed by atoms with Crippen molar-refractivity contribution in [3.63, 3.8) is 0 Å². The molecule has 27 heavy (non-hydrogen) atoms. The molecule has 0 amide bonds. The maximum absolute atomic E-state index is 13.1. The Kier molecular flexibility index (Phi) is 5.06. The second-order valence-corrected chi connectivity index (χ2v) is 5.28. The van der Waals surface area contributed by atoms with Gasteiger partial charge in [0.05, 0.1) is 30.3 Å². The van der Waals surface area contributed by atoms with E-state index >= 15 is 0 Å². The molecule has 0 saturated heterocycles. The molecule has 10 heteroatoms. The van der Waals surface area contributed by atoms with Gasteiger partial charge in [-0.25, -0.2) is 4.98 Å². The number of aromatic nitrogens is 4. The number of hydrogen-bond acceptors (Lipinski definition) is 6. The number of alkyl halides is 3. The molecule has 0 aliphatic heterocycles. The molecule has 0 aliphatic carbocycles. The molecule has 0 bridgehead atoms. The molecule has 0 aliphatic rings. The maximum atomic E-state index is 13.1. The van der Waals surface area contributed by atoms with Gasteiger partial charge in [0.1, 0.15) is 12.4 Å². The first-order valence-corrected chi connectivity index (χ1v) is 7.61. The van der Waals surface area contributed by atoms with Crippen molar-refractivity contribution in [3.05, 3.63) is 54.0 Å². The first kappa shape index (κ1) is 18.4. The van der Waals surface area contributed by atoms with Gasteiger partial charge in [0.2, 0.25) is 5.88 Å². The van der Waals surface area contributed by atoms with Crippen LogP contribution in [0, 0.1) is 0 Å². The number of pyridine rings is 2. The lowest BCUT2D eigenvalue weighted by atomic mass is 10.1. The van der Waals surface area contributed by atoms with E-state index in [2.05, 4.69) is 15.1 Å². The Morgan fingerprint density at radius 2 is 2.04 bits per heavy atom. The Hall–Kier alpha value is -3.43. The summed E-state index contributed by atoms with van der Waals surface area (Å²) >= 11 is 0. The summed E-state index contributed by atoms with van der Waals surface area (Å²) in [7, 11) is 1.41. The van der Waals surface area contributed by atoms with Crippen LogP contribution in [0.3, 0.4) is 0 Å². The molecular weight excluding hydrogens is 365 g/mol. The quantitative estimate of drug-likeness (QED) is 0.613. The largest absolute Gasteiger partial charge is 0.505 e. The molecule has 0 N–H and O–H groups in total. The number of carbonyl (C=O) groups is 1. The minimum absolute atomic E-state index is 0.0649. The zero-order valence-electron chi connectivity index (χ0n) is 14.0. The van der Waals surface area contributed by atoms with Crippen molar-refractivity contribution in [3.8, 4) is 23.0 Å². The van der Waals surface area contributed by atoms with Crippen molar-refractivity contribution in [2.45, 2.75) is 12.9 Å². The van der Waals surface area contributed by atoms with E-state index in [4.69, 9.17) is 9.47 Å². The van der Waals surface area contributed by atoms with E-state index in [0.29, 0.717) is 11.8 Å². The van der Waals surface area contributed by atoms with E-state index in [1.807, 2.05) is 0 Å². The molecule has 0 spiro atoms. The minimum Gasteiger partial charge on any atom is -0.486 e. The smallest absolute Gasteiger partial charge is 0.486 e. The normalized spacial score (nSPS) is 11.3. The van der Waals surface area contributed by atoms with Gasteiger partial charge in [0.25, 0.3) is 0 Å². The van der Waals surface area contributed by atoms with Gasteiger partial charge < -0.3 is 9.47 Å². The predicted octanol–water partition coefficient (Wildman–Crippen LogP) is 3.22. The monoisotopic (exact) mass is 378 g/mol. The molecular formula is C17H13F3N4O3. The molecule has 0 fully saturated rings. The minimum atomic E-state index is -4.68. The topological polar surface area (TPSA) is 79.1 Å². The van der Waals surface area contributed by atoms with Crippen LogP contribution in [0.2, 0.25) is 0 Å². The van der Waals surface area contributed by atoms with Crippen LogP contribution < -0.4 is 9.47 Å². The number of methoxy groups -OCH3 is 1. The highest BCUT2D eigenvalue weighted by atomic mass is 19.4. The Morgan fingerprint density at radius 1 is 1.22 bits per heavy atom. The highest BCUT2D eigenvalue weighted by molar-refractivity contribution is 5.79. The van der Waals surface area contributed by atoms with Gasteiger partial charge >= 0.3 is 6.30 Å². The van der Waals surface area contributed by atoms with E-state index in [-0.39, 0.29) is 39.9 Å². The third-order valence-electron chi connectivity index (χ3n) is 3.61. The third-order valence-corrected chi connectivity index (χ3v) is 3.61. The second kappa shape index (κ2) is 7.44. The molecule has 0 unspecified atom stereocenters. The summed E-state index contributed by atoms with van der Waals surface area (Å²) < 4.78 is 49.8. The first-order chi connectivity index (χ1) is 12.9. The van der Waals surface area contributed by atoms with Crippen molar-refractivity contribution in [1.29, 1.82) is 0 Å². The highest BCUT2D eigenvalue weighted by Crippen LogP contribution is 2.30. The lowest BCUT2D eigenvalue weighted by Crippen LogP contribution is -2.20. The van der Waals surface area contributed by atoms with Gasteiger partial charge in [0, 0.05) is 24.0 Å². The maximum Gasteiger partial charge on any atom is 0.505 e. The SMILES string of the molecule is COc1cc(C=O)c(OCc2cccnc2-c2ccnn2C(F)(F)F)cn1. The van der Waals surface area contributed by atoms with E-state index < -0.39 is 6.30 Å². The fraction of sp³-hybridized carbons (Fsp3) is 0.176. The van der Waals surface area contributed by atoms with Crippen molar-refractivity contribution in [2.24, 2.45) is 0 Å². The fourth-order valence-corrected chi connectivity index (χ4v) is 2.39. The molecule has 140 valence electrons. The average molecular weight is 378 g/mol. The summed E-state index contributed by atoms with van der Waals surface area (Å²) in [5, 5.41) is 3.31. The van der Waals surface area contributed by atoms with E-state index in [1.54, 1.807) is 12.1 Å². The Morgan fingerprint density at radius 3 is 2.74 bits per heavy atom. The molecule has 3 aromatic heterocycles. The summed E-state index contributed by atoms with van der Waals surface area (Å²) in [6.07, 6.45) is -0.390. The van der Waals surface area contributed by atoms with Gasteiger partial charge in [-0.1, -0.05) is 6.07 Å². The number of halogens is 3. The number of aldehydes is 1. The van der Waals surface area contributed by atoms with Crippen LogP contribution in [0.1, 0.15) is 15.9 Å². The van der Waals surface area contributed by atoms with Gasteiger partial charge in [0.15, 0.2) is 6.29 Å². The molecule has 7 nitrogen and oxygen atoms in total. The second-order valence-electron chi connectivity index (χ2n) is 5.28. The number of nitrogens with zero attached hydrogens (tertiary/aromatic N) is 4. The summed E-state index contributed by atoms with van der Waals surface area (Å²) in [6.45, 7) is -0.124. The number of rotatable bonds is 6. The molecule has 0 saturated carbocycles. The van der Waals surface area contributed by atoms with Crippen LogP contribution in [0.15, 0.2) is 42.9 Å². The number of hydrogen-bond donors (Lipinski definition) is 0. The van der Waals surface area contributed by atoms with Crippen LogP contribution in [-0.4, -0.2) is 33.1 Å². The molecule has 3 aromatic rings. The van der Waals surface area contributed by atoms with Crippen LogP contribution in [-0.2, 0) is 12.9 Å². The van der Waals surface area contributed by atoms with Gasteiger partial charge in [-0.2, -0.15) is 9.78 Å². The zero-order chi connectivity index (χ0) is 19.4. The number of ether oxygens (including phenoxy) is 2. The summed E-state index contributed by atoms with van der Waals surface area (Å²) in [6, 6.07) is 5.76. The van der Waals surface area contributed by atoms with Crippen LogP contribution in [0.5, 0.6) is 11.6 Å². The fourth-order valence-electron chi connectivity index (χ4n) is 2.39. The Labute approximate surface area is 151 Å². The van der Waals surface area contributed by atoms with Crippen molar-refractivity contribution in [2.75, 3.05) is 7.11 Å². The summed E-state index contributed by atoms with van der Waals surface area (Å²) in [5.74, 6) is 0.408. The van der Waals surface area contributed by atoms with Crippen LogP contribution in [0.4, 0.5) is 13.2 Å². The molecule has 0 atom stereocenters. The summed E-state index contributed by atoms with van der Waals surface area (Å²) in [4.78, 5) is 19.2. The van der Waals surface area contributed by atoms with E-state index in [9.17, 15) is 18.0 Å². The number of carbonyl (C=O) groups excluding carboxylic acids is 1. The van der Waals surface area contributed by atoms with Crippen molar-refractivity contribution < 1.29 is 27.4 Å². The van der Waals surface area contributed by atoms with Gasteiger partial charge in [-0.05, 0) is 12.1 Å². The third kappa shape index (κ3) is 3.89. The van der Waals surface area contributed by atoms with Crippen LogP contribution in [0.25, 0.3) is 11.4 Å². The summed E-state index contributed by atoms with van der Waals surface area (Å²) in [5.41, 5.74) is 0.440. The highest BCUT2D eigenvalue weighted by Gasteiger charge is 2.34. The lowest BCUT2D eigenvalue weighted by molar-refractivity contribution is -0.211. The molecule has 3 heterocycles. The first-order valence-electron chi connectivity index (χ1n) is 7.61. The zero-order valence-corrected chi connectivity index (χ0v) is 14.0. The Balaban J connectivity index is 1.91. The molecule has 3 rings (SSSR count). The lowest BCUT2D eigenvalue weighted by Gasteiger charge is -2.14. The van der Waals surface area contributed by atoms with Gasteiger partial charge in [-0.3, -0.25) is 9.78 Å². The van der Waals surface area contributed by atoms with E-state index in [1.165, 1.54) is 31.6 Å². The molecule has 0 radical (unpaired) electrons. The predicted molar refractivity (Wildman–Crippen MR) is 87.3 cm³/mol. The average Bonchev–Trinajstić information content (AvgIpc) is 3.16. The Bertz CT molecular complexity index is 957. The van der Waals surface area contributed by atoms with E-state index in [0.717, 1.165) is 6.20 Å². The van der Waals surface area contributed by atoms with Crippen LogP contribution >= 0.6 is 0 Å². The van der Waals surface area contributed by atoms with Crippen molar-refractivity contribution in [1.82, 2.24) is 19.7 Å². The standard InChI is InChI=1S/C17H13F3N4O3/c1-26-15-7-12(9-25)14(8-22-15)27-10-11-3-2-5-21-16(11)13-4-6-23-24(13)17(18,19)20/h2-9H,10H2,1H3. The van der Waals surface area contributed by atoms with Crippen molar-refractivity contribution >= 4 is 6.29 Å². The van der Waals surface area contributed by atoms with Gasteiger partial charge in [-0.15, -0.1) is 13.2 Å².